The largest absolute Gasteiger partial charge is 0.456 e. The number of hydrogen-bond acceptors (Lipinski definition) is 3. The molecule has 0 atom stereocenters. The van der Waals surface area contributed by atoms with E-state index in [2.05, 4.69) is 6.58 Å². The Bertz CT molecular complexity index is 486. The van der Waals surface area contributed by atoms with Crippen molar-refractivity contribution in [3.05, 3.63) is 45.9 Å². The van der Waals surface area contributed by atoms with Crippen molar-refractivity contribution in [1.29, 1.82) is 0 Å². The molecule has 0 aliphatic heterocycles. The highest BCUT2D eigenvalue weighted by Crippen LogP contribution is 2.03. The predicted octanol–water partition coefficient (Wildman–Crippen LogP) is 1.31. The molecule has 0 spiro atoms. The lowest BCUT2D eigenvalue weighted by atomic mass is 10.2. The van der Waals surface area contributed by atoms with Crippen molar-refractivity contribution < 1.29 is 9.53 Å². The Kier molecular flexibility index (Phi) is 3.66. The molecule has 0 saturated heterocycles. The normalized spacial score (nSPS) is 9.94. The Morgan fingerprint density at radius 2 is 2.12 bits per heavy atom. The van der Waals surface area contributed by atoms with Gasteiger partial charge in [-0.15, -0.1) is 0 Å². The standard InChI is InChI=1S/C12H15NO3/c1-8(2)12(15)16-7-10-5-9(3)6-11(14)13(10)4/h5-6H,1,7H2,2-4H3. The smallest absolute Gasteiger partial charge is 0.333 e. The number of carbonyl (C=O) groups excluding carboxylic acids is 1. The summed E-state index contributed by atoms with van der Waals surface area (Å²) in [4.78, 5) is 22.6. The average molecular weight is 221 g/mol. The average Bonchev–Trinajstić information content (AvgIpc) is 2.20. The van der Waals surface area contributed by atoms with Crippen molar-refractivity contribution in [1.82, 2.24) is 4.57 Å². The van der Waals surface area contributed by atoms with Crippen molar-refractivity contribution in [3.63, 3.8) is 0 Å². The highest BCUT2D eigenvalue weighted by molar-refractivity contribution is 5.86. The molecule has 0 aromatic carbocycles. The lowest BCUT2D eigenvalue weighted by molar-refractivity contribution is -0.140. The minimum Gasteiger partial charge on any atom is -0.456 e. The summed E-state index contributed by atoms with van der Waals surface area (Å²) in [5, 5.41) is 0. The van der Waals surface area contributed by atoms with Gasteiger partial charge in [0.25, 0.3) is 5.56 Å². The first-order valence-electron chi connectivity index (χ1n) is 4.91. The van der Waals surface area contributed by atoms with E-state index in [9.17, 15) is 9.59 Å². The van der Waals surface area contributed by atoms with Gasteiger partial charge in [-0.05, 0) is 25.5 Å². The van der Waals surface area contributed by atoms with Gasteiger partial charge < -0.3 is 9.30 Å². The molecule has 4 heteroatoms. The number of pyridine rings is 1. The van der Waals surface area contributed by atoms with Gasteiger partial charge in [0.2, 0.25) is 0 Å². The van der Waals surface area contributed by atoms with Gasteiger partial charge in [-0.25, -0.2) is 4.79 Å². The molecule has 1 aromatic rings. The Balaban J connectivity index is 2.86. The number of aromatic nitrogens is 1. The number of aryl methyl sites for hydroxylation is 1. The van der Waals surface area contributed by atoms with E-state index in [0.717, 1.165) is 5.56 Å². The minimum absolute atomic E-state index is 0.0825. The SMILES string of the molecule is C=C(C)C(=O)OCc1cc(C)cc(=O)n1C. The zero-order chi connectivity index (χ0) is 12.3. The Labute approximate surface area is 94.2 Å². The lowest BCUT2D eigenvalue weighted by Gasteiger charge is -2.09. The fourth-order valence-electron chi connectivity index (χ4n) is 1.24. The zero-order valence-corrected chi connectivity index (χ0v) is 9.74. The van der Waals surface area contributed by atoms with Crippen molar-refractivity contribution in [3.8, 4) is 0 Å². The number of rotatable bonds is 3. The lowest BCUT2D eigenvalue weighted by Crippen LogP contribution is -2.21. The first-order chi connectivity index (χ1) is 7.41. The molecule has 1 heterocycles. The third-order valence-corrected chi connectivity index (χ3v) is 2.21. The monoisotopic (exact) mass is 221 g/mol. The fourth-order valence-corrected chi connectivity index (χ4v) is 1.24. The summed E-state index contributed by atoms with van der Waals surface area (Å²) in [7, 11) is 1.64. The summed E-state index contributed by atoms with van der Waals surface area (Å²) >= 11 is 0. The van der Waals surface area contributed by atoms with Gasteiger partial charge in [0.15, 0.2) is 0 Å². The van der Waals surface area contributed by atoms with Crippen LogP contribution in [0.4, 0.5) is 0 Å². The van der Waals surface area contributed by atoms with Crippen molar-refractivity contribution in [2.75, 3.05) is 0 Å². The molecule has 0 bridgehead atoms. The van der Waals surface area contributed by atoms with E-state index in [1.165, 1.54) is 10.6 Å². The van der Waals surface area contributed by atoms with Crippen molar-refractivity contribution in [2.24, 2.45) is 7.05 Å². The number of esters is 1. The molecule has 4 nitrogen and oxygen atoms in total. The molecule has 0 aliphatic carbocycles. The molecule has 86 valence electrons. The first kappa shape index (κ1) is 12.2. The van der Waals surface area contributed by atoms with Crippen LogP contribution in [0.15, 0.2) is 29.1 Å². The maximum absolute atomic E-state index is 11.4. The third-order valence-electron chi connectivity index (χ3n) is 2.21. The van der Waals surface area contributed by atoms with E-state index in [1.807, 2.05) is 13.0 Å². The summed E-state index contributed by atoms with van der Waals surface area (Å²) in [5.41, 5.74) is 1.75. The molecule has 0 fully saturated rings. The second-order valence-electron chi connectivity index (χ2n) is 3.78. The van der Waals surface area contributed by atoms with Crippen LogP contribution >= 0.6 is 0 Å². The van der Waals surface area contributed by atoms with E-state index in [-0.39, 0.29) is 12.2 Å². The molecule has 0 radical (unpaired) electrons. The van der Waals surface area contributed by atoms with Gasteiger partial charge in [0, 0.05) is 18.7 Å². The summed E-state index contributed by atoms with van der Waals surface area (Å²) in [5.74, 6) is -0.450. The van der Waals surface area contributed by atoms with Crippen LogP contribution in [0.5, 0.6) is 0 Å². The third kappa shape index (κ3) is 2.82. The van der Waals surface area contributed by atoms with Gasteiger partial charge in [-0.2, -0.15) is 0 Å². The van der Waals surface area contributed by atoms with Gasteiger partial charge in [-0.3, -0.25) is 4.79 Å². The number of ether oxygens (including phenoxy) is 1. The van der Waals surface area contributed by atoms with Gasteiger partial charge in [0.05, 0.1) is 5.69 Å². The number of hydrogen-bond donors (Lipinski definition) is 0. The van der Waals surface area contributed by atoms with Gasteiger partial charge in [0.1, 0.15) is 6.61 Å². The number of carbonyl (C=O) groups is 1. The van der Waals surface area contributed by atoms with Crippen molar-refractivity contribution in [2.45, 2.75) is 20.5 Å². The molecule has 0 N–H and O–H groups in total. The Morgan fingerprint density at radius 1 is 1.50 bits per heavy atom. The molecule has 1 rings (SSSR count). The molecule has 16 heavy (non-hydrogen) atoms. The van der Waals surface area contributed by atoms with E-state index >= 15 is 0 Å². The molecule has 0 saturated carbocycles. The Morgan fingerprint density at radius 3 is 2.69 bits per heavy atom. The van der Waals surface area contributed by atoms with Crippen LogP contribution in [0, 0.1) is 6.92 Å². The maximum atomic E-state index is 11.4. The van der Waals surface area contributed by atoms with E-state index < -0.39 is 5.97 Å². The van der Waals surface area contributed by atoms with E-state index in [4.69, 9.17) is 4.74 Å². The minimum atomic E-state index is -0.450. The summed E-state index contributed by atoms with van der Waals surface area (Å²) in [6.07, 6.45) is 0. The molecule has 0 aliphatic rings. The van der Waals surface area contributed by atoms with Crippen LogP contribution in [-0.2, 0) is 23.2 Å². The Hall–Kier alpha value is -1.84. The zero-order valence-electron chi connectivity index (χ0n) is 9.74. The number of nitrogens with zero attached hydrogens (tertiary/aromatic N) is 1. The molecule has 0 amide bonds. The predicted molar refractivity (Wildman–Crippen MR) is 61.0 cm³/mol. The highest BCUT2D eigenvalue weighted by Gasteiger charge is 2.06. The van der Waals surface area contributed by atoms with E-state index in [0.29, 0.717) is 11.3 Å². The van der Waals surface area contributed by atoms with Crippen LogP contribution in [0.2, 0.25) is 0 Å². The molecule has 1 aromatic heterocycles. The van der Waals surface area contributed by atoms with Gasteiger partial charge >= 0.3 is 5.97 Å². The summed E-state index contributed by atoms with van der Waals surface area (Å²) in [6.45, 7) is 6.97. The summed E-state index contributed by atoms with van der Waals surface area (Å²) < 4.78 is 6.44. The first-order valence-corrected chi connectivity index (χ1v) is 4.91. The van der Waals surface area contributed by atoms with Crippen LogP contribution in [0.3, 0.4) is 0 Å². The fraction of sp³-hybridized carbons (Fsp3) is 0.333. The van der Waals surface area contributed by atoms with Crippen LogP contribution in [-0.4, -0.2) is 10.5 Å². The van der Waals surface area contributed by atoms with Crippen LogP contribution < -0.4 is 5.56 Å². The molecular formula is C12H15NO3. The van der Waals surface area contributed by atoms with E-state index in [1.54, 1.807) is 14.0 Å². The second-order valence-corrected chi connectivity index (χ2v) is 3.78. The van der Waals surface area contributed by atoms with Crippen LogP contribution in [0.1, 0.15) is 18.2 Å². The maximum Gasteiger partial charge on any atom is 0.333 e. The van der Waals surface area contributed by atoms with Crippen molar-refractivity contribution >= 4 is 5.97 Å². The van der Waals surface area contributed by atoms with Crippen LogP contribution in [0.25, 0.3) is 0 Å². The quantitative estimate of drug-likeness (QED) is 0.571. The molecule has 0 unspecified atom stereocenters. The summed E-state index contributed by atoms with van der Waals surface area (Å²) in [6, 6.07) is 3.34. The van der Waals surface area contributed by atoms with Gasteiger partial charge in [-0.1, -0.05) is 6.58 Å². The second kappa shape index (κ2) is 4.79. The highest BCUT2D eigenvalue weighted by atomic mass is 16.5. The molecular weight excluding hydrogens is 206 g/mol. The topological polar surface area (TPSA) is 48.3 Å².